The van der Waals surface area contributed by atoms with Crippen LogP contribution in [0.25, 0.3) is 11.0 Å². The van der Waals surface area contributed by atoms with Crippen LogP contribution in [0.4, 0.5) is 22.7 Å². The molecule has 0 aliphatic carbocycles. The number of nitrogens with zero attached hydrogens (tertiary/aromatic N) is 4. The zero-order chi connectivity index (χ0) is 84.5. The number of unbranched alkanes of at least 4 members (excludes halogenated alkanes) is 2. The van der Waals surface area contributed by atoms with E-state index in [4.69, 9.17) is 38.8 Å². The zero-order valence-corrected chi connectivity index (χ0v) is 64.7. The van der Waals surface area contributed by atoms with E-state index in [2.05, 4.69) is 63.5 Å². The molecule has 41 nitrogen and oxygen atoms in total. The van der Waals surface area contributed by atoms with E-state index < -0.39 is 196 Å². The number of guanidine groups is 1. The largest absolute Gasteiger partial charge is 0.423 e. The van der Waals surface area contributed by atoms with Gasteiger partial charge in [-0.1, -0.05) is 65.0 Å². The molecule has 42 heteroatoms. The van der Waals surface area contributed by atoms with Crippen molar-refractivity contribution in [2.24, 2.45) is 45.0 Å². The number of non-ortho nitro benzene ring substituents is 1. The molecule has 1 aromatic heterocycles. The monoisotopic (exact) mass is 1610 g/mol. The van der Waals surface area contributed by atoms with Crippen LogP contribution in [0.2, 0.25) is 0 Å². The van der Waals surface area contributed by atoms with Gasteiger partial charge in [0.2, 0.25) is 76.8 Å². The standard InChI is InChI=1S/C72H103N21O20S/c1-39(2)28-50(88-70(108)61(72(3,4)5)90-69(107)54-37-114-38-91(54)59(98)35-81-57(96)30-41-31-60(99)113-55-32-42(74)19-21-44(41)55)67(105)87-49(23-24-56(75)95)66(104)89-52(36-94)63(101)82-34-58(97)83-51(29-40-14-7-6-8-15-40)68(106)86-48(18-13-27-80-71(77)78)65(103)85-47(64(102)84-46(62(76)100)16-9-11-25-73)17-10-12-26-79-45-22-20-43(92(109)110)33-53(45)93(111)112/h6-8,14-15,19-22,31-33,39,46-52,54,61,79,94H,9-13,16-18,23-30,34-38,73-74H2,1-5H3,(H2,75,95)(H2,76,100)(H,81,96)(H,82,101)(H,83,97)(H,84,102)(H,85,103)(H,86,106)(H,87,105)(H,88,108)(H,89,104)(H,90,107)(H4,77,78,80)/t46-,47-,48-,49-,50-,51-,52-,54-,61+/m0/s1. The molecule has 5 rings (SSSR count). The number of hydrogen-bond donors (Lipinski definition) is 18. The van der Waals surface area contributed by atoms with E-state index in [1.54, 1.807) is 77.1 Å². The topological polar surface area (TPSA) is 663 Å². The molecule has 1 aliphatic rings. The Balaban J connectivity index is 1.27. The Morgan fingerprint density at radius 2 is 1.25 bits per heavy atom. The maximum absolute atomic E-state index is 14.6. The van der Waals surface area contributed by atoms with Crippen molar-refractivity contribution in [3.63, 3.8) is 0 Å². The van der Waals surface area contributed by atoms with Crippen LogP contribution in [0.5, 0.6) is 0 Å². The summed E-state index contributed by atoms with van der Waals surface area (Å²) in [4.78, 5) is 218. The molecule has 0 unspecified atom stereocenters. The van der Waals surface area contributed by atoms with Gasteiger partial charge in [-0.15, -0.1) is 11.8 Å². The average molecular weight is 1610 g/mol. The minimum atomic E-state index is -1.86. The van der Waals surface area contributed by atoms with Crippen LogP contribution in [0, 0.1) is 31.6 Å². The number of anilines is 2. The number of aliphatic hydroxyl groups excluding tert-OH is 1. The Morgan fingerprint density at radius 1 is 0.649 bits per heavy atom. The van der Waals surface area contributed by atoms with Crippen molar-refractivity contribution in [2.75, 3.05) is 62.0 Å². The highest BCUT2D eigenvalue weighted by atomic mass is 32.2. The molecular formula is C72H103N21O20S. The predicted octanol–water partition coefficient (Wildman–Crippen LogP) is -2.71. The van der Waals surface area contributed by atoms with Crippen molar-refractivity contribution in [3.05, 3.63) is 115 Å². The van der Waals surface area contributed by atoms with Crippen molar-refractivity contribution in [2.45, 2.75) is 172 Å². The Morgan fingerprint density at radius 3 is 1.84 bits per heavy atom. The van der Waals surface area contributed by atoms with Gasteiger partial charge in [-0.05, 0) is 111 Å². The number of aliphatic hydroxyl groups is 1. The average Bonchev–Trinajstić information content (AvgIpc) is 1.55. The number of amides is 13. The molecule has 1 saturated heterocycles. The third-order valence-corrected chi connectivity index (χ3v) is 18.8. The molecule has 4 aromatic rings. The van der Waals surface area contributed by atoms with E-state index in [-0.39, 0.29) is 112 Å². The number of rotatable bonds is 47. The number of carbonyl (C=O) groups is 13. The van der Waals surface area contributed by atoms with Crippen LogP contribution in [0.3, 0.4) is 0 Å². The van der Waals surface area contributed by atoms with Crippen molar-refractivity contribution < 1.29 is 81.7 Å². The smallest absolute Gasteiger partial charge is 0.336 e. The van der Waals surface area contributed by atoms with Crippen LogP contribution in [-0.2, 0) is 75.2 Å². The highest BCUT2D eigenvalue weighted by Crippen LogP contribution is 2.30. The van der Waals surface area contributed by atoms with Crippen LogP contribution in [0.1, 0.15) is 116 Å². The SMILES string of the molecule is CC(C)C[C@H](NC(=O)[C@@H](NC(=O)[C@@H]1CSCN1C(=O)CNC(=O)Cc1cc(=O)oc2cc(N)ccc12)C(C)(C)C)C(=O)N[C@@H](CCC(N)=O)C(=O)N[C@@H](CO)C(=O)NCC(=O)N[C@@H](Cc1ccccc1)C(=O)N[C@@H](CCCN=C(N)N)C(=O)N[C@@H](CCCCNc1ccc([N+](=O)[O-])cc1[N+](=O)[O-])C(=O)N[C@@H](CCCCN)C(N)=O. The summed E-state index contributed by atoms with van der Waals surface area (Å²) in [5, 5.41) is 62.2. The molecule has 0 bridgehead atoms. The molecule has 0 radical (unpaired) electrons. The van der Waals surface area contributed by atoms with Crippen molar-refractivity contribution in [1.29, 1.82) is 0 Å². The van der Waals surface area contributed by atoms with Crippen LogP contribution in [-0.4, -0.2) is 208 Å². The number of carbonyl (C=O) groups excluding carboxylic acids is 13. The first-order valence-electron chi connectivity index (χ1n) is 36.7. The second-order valence-electron chi connectivity index (χ2n) is 28.5. The van der Waals surface area contributed by atoms with Crippen molar-refractivity contribution >= 4 is 128 Å². The Kier molecular flexibility index (Phi) is 36.9. The molecule has 114 heavy (non-hydrogen) atoms. The number of benzene rings is 3. The maximum Gasteiger partial charge on any atom is 0.336 e. The number of fused-ring (bicyclic) bond motifs is 1. The lowest BCUT2D eigenvalue weighted by Gasteiger charge is -2.34. The first-order valence-corrected chi connectivity index (χ1v) is 37.9. The van der Waals surface area contributed by atoms with E-state index in [9.17, 15) is 92.5 Å². The lowest BCUT2D eigenvalue weighted by molar-refractivity contribution is -0.393. The fourth-order valence-electron chi connectivity index (χ4n) is 11.8. The Labute approximate surface area is 659 Å². The summed E-state index contributed by atoms with van der Waals surface area (Å²) in [6.45, 7) is 6.03. The lowest BCUT2D eigenvalue weighted by Crippen LogP contribution is -2.62. The van der Waals surface area contributed by atoms with Crippen molar-refractivity contribution in [3.8, 4) is 0 Å². The quantitative estimate of drug-likeness (QED) is 0.00407. The molecule has 0 spiro atoms. The van der Waals surface area contributed by atoms with Gasteiger partial charge in [-0.25, -0.2) is 4.79 Å². The lowest BCUT2D eigenvalue weighted by atomic mass is 9.85. The van der Waals surface area contributed by atoms with Crippen LogP contribution < -0.4 is 98.5 Å². The van der Waals surface area contributed by atoms with Gasteiger partial charge in [0.1, 0.15) is 65.6 Å². The number of nitrogens with two attached hydrogens (primary N) is 6. The molecule has 3 aromatic carbocycles. The number of aliphatic imine (C=N–C) groups is 1. The van der Waals surface area contributed by atoms with Gasteiger partial charge in [-0.2, -0.15) is 0 Å². The van der Waals surface area contributed by atoms with Crippen molar-refractivity contribution in [1.82, 2.24) is 58.1 Å². The second kappa shape index (κ2) is 45.4. The summed E-state index contributed by atoms with van der Waals surface area (Å²) < 4.78 is 5.21. The number of nitro groups is 2. The van der Waals surface area contributed by atoms with Crippen LogP contribution in [0.15, 0.2) is 87.0 Å². The molecule has 1 aliphatic heterocycles. The molecule has 24 N–H and O–H groups in total. The van der Waals surface area contributed by atoms with E-state index in [1.807, 2.05) is 0 Å². The predicted molar refractivity (Wildman–Crippen MR) is 419 cm³/mol. The van der Waals surface area contributed by atoms with E-state index >= 15 is 0 Å². The van der Waals surface area contributed by atoms with E-state index in [1.165, 1.54) is 28.8 Å². The molecule has 622 valence electrons. The zero-order valence-electron chi connectivity index (χ0n) is 63.9. The third kappa shape index (κ3) is 30.5. The van der Waals surface area contributed by atoms with Gasteiger partial charge in [0, 0.05) is 61.0 Å². The Bertz CT molecular complexity index is 4200. The summed E-state index contributed by atoms with van der Waals surface area (Å²) in [5.41, 5.74) is 32.1. The molecule has 9 atom stereocenters. The summed E-state index contributed by atoms with van der Waals surface area (Å²) in [5.74, 6) is -12.2. The number of primary amides is 2. The van der Waals surface area contributed by atoms with Gasteiger partial charge in [0.05, 0.1) is 47.9 Å². The minimum absolute atomic E-state index is 0.0339. The van der Waals surface area contributed by atoms with Gasteiger partial charge in [0.15, 0.2) is 5.96 Å². The number of nitro benzene ring substituents is 2. The summed E-state index contributed by atoms with van der Waals surface area (Å²) in [6, 6.07) is 3.81. The number of nitrogen functional groups attached to an aromatic ring is 1. The van der Waals surface area contributed by atoms with E-state index in [0.29, 0.717) is 35.0 Å². The fourth-order valence-corrected chi connectivity index (χ4v) is 13.0. The first-order chi connectivity index (χ1) is 53.9. The summed E-state index contributed by atoms with van der Waals surface area (Å²) >= 11 is 1.24. The second-order valence-corrected chi connectivity index (χ2v) is 29.5. The molecule has 1 fully saturated rings. The highest BCUT2D eigenvalue weighted by molar-refractivity contribution is 7.99. The van der Waals surface area contributed by atoms with Gasteiger partial charge >= 0.3 is 5.63 Å². The van der Waals surface area contributed by atoms with Crippen LogP contribution >= 0.6 is 11.8 Å². The van der Waals surface area contributed by atoms with Gasteiger partial charge < -0.3 is 107 Å². The normalized spacial score (nSPS) is 14.6. The number of nitrogens with one attached hydrogen (secondary N) is 11. The van der Waals surface area contributed by atoms with Gasteiger partial charge in [-0.3, -0.25) is 87.6 Å². The third-order valence-electron chi connectivity index (χ3n) is 17.8. The number of thioether (sulfide) groups is 1. The number of hydrogen-bond acceptors (Lipinski definition) is 25. The molecule has 13 amide bonds. The molecule has 2 heterocycles. The molecule has 0 saturated carbocycles. The fraction of sp³-hybridized carbons (Fsp3) is 0.514. The van der Waals surface area contributed by atoms with Gasteiger partial charge in [0.25, 0.3) is 11.4 Å². The van der Waals surface area contributed by atoms with E-state index in [0.717, 1.165) is 18.2 Å². The Hall–Kier alpha value is -12.1. The first kappa shape index (κ1) is 92.5. The summed E-state index contributed by atoms with van der Waals surface area (Å²) in [7, 11) is 0. The minimum Gasteiger partial charge on any atom is -0.423 e. The highest BCUT2D eigenvalue weighted by Gasteiger charge is 2.42. The summed E-state index contributed by atoms with van der Waals surface area (Å²) in [6.07, 6.45) is -0.627. The maximum atomic E-state index is 14.6. The molecular weight excluding hydrogens is 1510 g/mol.